The summed E-state index contributed by atoms with van der Waals surface area (Å²) in [6.07, 6.45) is 2.67. The highest BCUT2D eigenvalue weighted by Crippen LogP contribution is 2.33. The molecule has 0 aliphatic carbocycles. The summed E-state index contributed by atoms with van der Waals surface area (Å²) >= 11 is 0. The molecule has 1 amide bonds. The quantitative estimate of drug-likeness (QED) is 0.669. The van der Waals surface area contributed by atoms with Gasteiger partial charge in [0.1, 0.15) is 5.82 Å². The number of amides is 1. The van der Waals surface area contributed by atoms with Gasteiger partial charge in [-0.05, 0) is 49.2 Å². The summed E-state index contributed by atoms with van der Waals surface area (Å²) in [4.78, 5) is 24.5. The van der Waals surface area contributed by atoms with Gasteiger partial charge >= 0.3 is 0 Å². The molecule has 1 aromatic heterocycles. The highest BCUT2D eigenvalue weighted by atomic mass is 16.2. The Morgan fingerprint density at radius 2 is 1.60 bits per heavy atom. The Labute approximate surface area is 177 Å². The molecule has 0 N–H and O–H groups in total. The van der Waals surface area contributed by atoms with Gasteiger partial charge in [-0.3, -0.25) is 4.79 Å². The number of carbonyl (C=O) groups excluding carboxylic acids is 1. The lowest BCUT2D eigenvalue weighted by Gasteiger charge is -2.36. The minimum Gasteiger partial charge on any atom is -0.368 e. The second-order valence-corrected chi connectivity index (χ2v) is 8.07. The van der Waals surface area contributed by atoms with Gasteiger partial charge in [0.05, 0.1) is 0 Å². The number of piperazine rings is 1. The van der Waals surface area contributed by atoms with Crippen LogP contribution in [0.3, 0.4) is 0 Å². The summed E-state index contributed by atoms with van der Waals surface area (Å²) in [7, 11) is 0. The van der Waals surface area contributed by atoms with Gasteiger partial charge in [-0.15, -0.1) is 0 Å². The molecule has 2 aromatic carbocycles. The second-order valence-electron chi connectivity index (χ2n) is 8.07. The Morgan fingerprint density at radius 3 is 2.40 bits per heavy atom. The highest BCUT2D eigenvalue weighted by Gasteiger charge is 2.31. The van der Waals surface area contributed by atoms with Crippen molar-refractivity contribution in [3.8, 4) is 0 Å². The summed E-state index contributed by atoms with van der Waals surface area (Å²) in [5, 5.41) is 0. The maximum Gasteiger partial charge on any atom is 0.258 e. The molecule has 1 atom stereocenters. The molecule has 152 valence electrons. The van der Waals surface area contributed by atoms with Crippen molar-refractivity contribution in [1.29, 1.82) is 0 Å². The van der Waals surface area contributed by atoms with Crippen molar-refractivity contribution in [3.05, 3.63) is 84.1 Å². The molecule has 1 saturated heterocycles. The van der Waals surface area contributed by atoms with E-state index in [2.05, 4.69) is 52.0 Å². The van der Waals surface area contributed by atoms with Gasteiger partial charge in [-0.2, -0.15) is 0 Å². The summed E-state index contributed by atoms with van der Waals surface area (Å²) < 4.78 is 0. The molecule has 0 radical (unpaired) electrons. The number of carbonyl (C=O) groups is 1. The molecule has 1 unspecified atom stereocenters. The number of nitrogens with zero attached hydrogens (tertiary/aromatic N) is 4. The largest absolute Gasteiger partial charge is 0.368 e. The minimum absolute atomic E-state index is 0.0546. The van der Waals surface area contributed by atoms with E-state index in [9.17, 15) is 4.79 Å². The fraction of sp³-hybridized carbons (Fsp3) is 0.280. The van der Waals surface area contributed by atoms with Gasteiger partial charge < -0.3 is 14.7 Å². The Balaban J connectivity index is 1.32. The molecule has 1 fully saturated rings. The molecule has 30 heavy (non-hydrogen) atoms. The molecule has 2 aliphatic heterocycles. The Hall–Kier alpha value is -3.34. The molecule has 0 saturated carbocycles. The van der Waals surface area contributed by atoms with E-state index in [-0.39, 0.29) is 11.9 Å². The highest BCUT2D eigenvalue weighted by molar-refractivity contribution is 6.08. The first-order valence-electron chi connectivity index (χ1n) is 10.6. The first-order valence-corrected chi connectivity index (χ1v) is 10.6. The van der Waals surface area contributed by atoms with Crippen LogP contribution in [0.2, 0.25) is 0 Å². The van der Waals surface area contributed by atoms with Gasteiger partial charge in [-0.25, -0.2) is 4.98 Å². The third kappa shape index (κ3) is 3.41. The summed E-state index contributed by atoms with van der Waals surface area (Å²) in [6.45, 7) is 5.79. The maximum atomic E-state index is 13.4. The number of fused-ring (bicyclic) bond motifs is 1. The van der Waals surface area contributed by atoms with Crippen molar-refractivity contribution < 1.29 is 4.79 Å². The molecule has 0 bridgehead atoms. The average Bonchev–Trinajstić information content (AvgIpc) is 3.15. The number of pyridine rings is 1. The topological polar surface area (TPSA) is 39.7 Å². The Morgan fingerprint density at radius 1 is 0.900 bits per heavy atom. The normalized spacial score (nSPS) is 18.4. The predicted octanol–water partition coefficient (Wildman–Crippen LogP) is 4.00. The van der Waals surface area contributed by atoms with E-state index in [1.54, 1.807) is 6.20 Å². The summed E-state index contributed by atoms with van der Waals surface area (Å²) in [6, 6.07) is 22.7. The molecule has 2 aliphatic rings. The smallest absolute Gasteiger partial charge is 0.258 e. The van der Waals surface area contributed by atoms with Crippen LogP contribution in [0.4, 0.5) is 17.2 Å². The van der Waals surface area contributed by atoms with Crippen molar-refractivity contribution in [2.45, 2.75) is 19.4 Å². The number of benzene rings is 2. The van der Waals surface area contributed by atoms with Crippen LogP contribution in [0.1, 0.15) is 22.8 Å². The zero-order chi connectivity index (χ0) is 20.5. The van der Waals surface area contributed by atoms with E-state index in [1.807, 2.05) is 41.3 Å². The van der Waals surface area contributed by atoms with Crippen LogP contribution in [0.25, 0.3) is 0 Å². The summed E-state index contributed by atoms with van der Waals surface area (Å²) in [5.74, 6) is 0.938. The van der Waals surface area contributed by atoms with Crippen molar-refractivity contribution in [2.75, 3.05) is 40.9 Å². The monoisotopic (exact) mass is 398 g/mol. The van der Waals surface area contributed by atoms with Crippen LogP contribution >= 0.6 is 0 Å². The number of hydrogen-bond donors (Lipinski definition) is 0. The summed E-state index contributed by atoms with van der Waals surface area (Å²) in [5.41, 5.74) is 4.24. The van der Waals surface area contributed by atoms with Crippen molar-refractivity contribution in [3.63, 3.8) is 0 Å². The van der Waals surface area contributed by atoms with E-state index in [0.717, 1.165) is 44.1 Å². The molecule has 3 aromatic rings. The Bertz CT molecular complexity index is 1040. The van der Waals surface area contributed by atoms with Gasteiger partial charge in [0.25, 0.3) is 5.91 Å². The van der Waals surface area contributed by atoms with Crippen molar-refractivity contribution in [1.82, 2.24) is 4.98 Å². The van der Waals surface area contributed by atoms with Crippen LogP contribution in [0.5, 0.6) is 0 Å². The SMILES string of the molecule is CC1Cc2ccccc2N1C(=O)c1ccnc(N2CCN(c3ccccc3)CC2)c1. The lowest BCUT2D eigenvalue weighted by atomic mass is 10.1. The number of anilines is 3. The van der Waals surface area contributed by atoms with Crippen LogP contribution < -0.4 is 14.7 Å². The number of hydrogen-bond acceptors (Lipinski definition) is 4. The van der Waals surface area contributed by atoms with E-state index >= 15 is 0 Å². The standard InChI is InChI=1S/C25H26N4O/c1-19-17-20-7-5-6-10-23(20)29(19)25(30)21-11-12-26-24(18-21)28-15-13-27(14-16-28)22-8-3-2-4-9-22/h2-12,18-19H,13-17H2,1H3. The van der Waals surface area contributed by atoms with Gasteiger partial charge in [-0.1, -0.05) is 36.4 Å². The average molecular weight is 399 g/mol. The molecule has 5 nitrogen and oxygen atoms in total. The zero-order valence-electron chi connectivity index (χ0n) is 17.2. The fourth-order valence-corrected chi connectivity index (χ4v) is 4.57. The molecule has 0 spiro atoms. The third-order valence-electron chi connectivity index (χ3n) is 6.14. The molecule has 5 rings (SSSR count). The van der Waals surface area contributed by atoms with E-state index in [0.29, 0.717) is 5.56 Å². The van der Waals surface area contributed by atoms with E-state index < -0.39 is 0 Å². The zero-order valence-corrected chi connectivity index (χ0v) is 17.2. The van der Waals surface area contributed by atoms with Crippen molar-refractivity contribution in [2.24, 2.45) is 0 Å². The molecule has 3 heterocycles. The Kier molecular flexibility index (Phi) is 4.87. The van der Waals surface area contributed by atoms with Gasteiger partial charge in [0, 0.05) is 55.4 Å². The molecular weight excluding hydrogens is 372 g/mol. The number of para-hydroxylation sites is 2. The van der Waals surface area contributed by atoms with Crippen LogP contribution in [-0.2, 0) is 6.42 Å². The van der Waals surface area contributed by atoms with E-state index in [1.165, 1.54) is 11.3 Å². The lowest BCUT2D eigenvalue weighted by molar-refractivity contribution is 0.0981. The lowest BCUT2D eigenvalue weighted by Crippen LogP contribution is -2.47. The molecular formula is C25H26N4O. The molecule has 5 heteroatoms. The van der Waals surface area contributed by atoms with E-state index in [4.69, 9.17) is 0 Å². The predicted molar refractivity (Wildman–Crippen MR) is 122 cm³/mol. The number of rotatable bonds is 3. The van der Waals surface area contributed by atoms with Gasteiger partial charge in [0.15, 0.2) is 0 Å². The first kappa shape index (κ1) is 18.7. The van der Waals surface area contributed by atoms with Gasteiger partial charge in [0.2, 0.25) is 0 Å². The maximum absolute atomic E-state index is 13.4. The second kappa shape index (κ2) is 7.82. The third-order valence-corrected chi connectivity index (χ3v) is 6.14. The first-order chi connectivity index (χ1) is 14.7. The van der Waals surface area contributed by atoms with Crippen LogP contribution in [-0.4, -0.2) is 43.1 Å². The number of aromatic nitrogens is 1. The van der Waals surface area contributed by atoms with Crippen LogP contribution in [0.15, 0.2) is 72.9 Å². The fourth-order valence-electron chi connectivity index (χ4n) is 4.57. The minimum atomic E-state index is 0.0546. The van der Waals surface area contributed by atoms with Crippen LogP contribution in [0, 0.1) is 0 Å². The van der Waals surface area contributed by atoms with Crippen molar-refractivity contribution >= 4 is 23.1 Å².